The molecule has 0 amide bonds. The summed E-state index contributed by atoms with van der Waals surface area (Å²) in [5.41, 5.74) is 5.32. The first-order valence-corrected chi connectivity index (χ1v) is 22.2. The fraction of sp³-hybridized carbons (Fsp3) is 0.216. The maximum atomic E-state index is 14.9. The van der Waals surface area contributed by atoms with Gasteiger partial charge in [0.15, 0.2) is 12.4 Å². The Hall–Kier alpha value is -6.87. The highest BCUT2D eigenvalue weighted by Crippen LogP contribution is 2.39. The third-order valence-electron chi connectivity index (χ3n) is 12.1. The summed E-state index contributed by atoms with van der Waals surface area (Å²) in [5, 5.41) is 41.0. The predicted molar refractivity (Wildman–Crippen MR) is 252 cm³/mol. The highest BCUT2D eigenvalue weighted by Gasteiger charge is 2.26. The van der Waals surface area contributed by atoms with Crippen LogP contribution in [0.3, 0.4) is 0 Å². The van der Waals surface area contributed by atoms with Gasteiger partial charge in [-0.3, -0.25) is 0 Å². The molecule has 10 nitrogen and oxygen atoms in total. The lowest BCUT2D eigenvalue weighted by atomic mass is 9.97. The second kappa shape index (κ2) is 19.3. The minimum Gasteiger partial charge on any atom is -0.618 e. The fourth-order valence-electron chi connectivity index (χ4n) is 8.80. The van der Waals surface area contributed by atoms with Gasteiger partial charge in [-0.1, -0.05) is 41.9 Å². The van der Waals surface area contributed by atoms with Crippen molar-refractivity contribution in [2.45, 2.75) is 44.7 Å². The van der Waals surface area contributed by atoms with Gasteiger partial charge in [0.25, 0.3) is 11.4 Å². The van der Waals surface area contributed by atoms with Crippen LogP contribution in [-0.2, 0) is 0 Å². The number of hydrogen-bond donors (Lipinski definition) is 4. The van der Waals surface area contributed by atoms with E-state index in [9.17, 15) is 28.0 Å². The molecule has 0 unspecified atom stereocenters. The SMILES string of the molecule is Cc1ccccc1-c1c2nc(NC3CCNCC3)cc(-c3ccc(F)cc3F)c2cc[n+]1[O-].[O-][n+]1ccc2c(-c3ccc(F)cc3F)cc(NC3CCNCC3)nc2c1-c1ccccc1Cl. The van der Waals surface area contributed by atoms with Crippen molar-refractivity contribution in [3.63, 3.8) is 0 Å². The molecule has 336 valence electrons. The Morgan fingerprint density at radius 3 is 1.44 bits per heavy atom. The summed E-state index contributed by atoms with van der Waals surface area (Å²) in [4.78, 5) is 9.61. The average Bonchev–Trinajstić information content (AvgIpc) is 3.30. The molecule has 2 aliphatic rings. The first-order chi connectivity index (χ1) is 32.0. The zero-order chi connectivity index (χ0) is 45.9. The number of aromatic nitrogens is 4. The highest BCUT2D eigenvalue weighted by atomic mass is 35.5. The van der Waals surface area contributed by atoms with Crippen LogP contribution in [0.25, 0.3) is 66.6 Å². The van der Waals surface area contributed by atoms with E-state index in [-0.39, 0.29) is 28.9 Å². The van der Waals surface area contributed by atoms with Gasteiger partial charge < -0.3 is 31.7 Å². The van der Waals surface area contributed by atoms with Crippen LogP contribution in [0.4, 0.5) is 29.2 Å². The quantitative estimate of drug-likeness (QED) is 0.0674. The van der Waals surface area contributed by atoms with Gasteiger partial charge in [-0.25, -0.2) is 27.5 Å². The van der Waals surface area contributed by atoms with E-state index in [0.717, 1.165) is 84.6 Å². The third-order valence-corrected chi connectivity index (χ3v) is 12.4. The fourth-order valence-corrected chi connectivity index (χ4v) is 9.02. The summed E-state index contributed by atoms with van der Waals surface area (Å²) in [7, 11) is 0. The number of rotatable bonds is 8. The molecule has 15 heteroatoms. The van der Waals surface area contributed by atoms with Crippen LogP contribution in [-0.4, -0.2) is 48.2 Å². The number of aryl methyl sites for hydroxylation is 1. The van der Waals surface area contributed by atoms with E-state index in [1.807, 2.05) is 31.2 Å². The van der Waals surface area contributed by atoms with Crippen LogP contribution < -0.4 is 30.7 Å². The summed E-state index contributed by atoms with van der Waals surface area (Å²) < 4.78 is 58.5. The van der Waals surface area contributed by atoms with Gasteiger partial charge >= 0.3 is 0 Å². The standard InChI is InChI=1S/C26H24F2N4O.C25H21ClF2N4O/c1-16-4-2-3-5-19(16)26-25-21(10-13-32(26)33)22(20-7-6-17(27)14-23(20)28)15-24(31-25)30-18-8-11-29-12-9-18;26-21-4-2-1-3-19(21)25-24-18(9-12-32(25)33)20(17-6-5-15(27)13-22(17)28)14-23(31-24)30-16-7-10-29-11-8-16/h2-7,10,13-15,18,29H,8-9,11-12H2,1H3,(H,30,31);1-6,9,12-14,16,29H,7-8,10-11H2,(H,30,31). The minimum atomic E-state index is -0.687. The van der Waals surface area contributed by atoms with Crippen molar-refractivity contribution in [3.8, 4) is 44.8 Å². The zero-order valence-electron chi connectivity index (χ0n) is 35.9. The van der Waals surface area contributed by atoms with E-state index in [4.69, 9.17) is 21.6 Å². The molecule has 0 saturated carbocycles. The number of nitrogens with zero attached hydrogens (tertiary/aromatic N) is 4. The lowest BCUT2D eigenvalue weighted by Gasteiger charge is -2.25. The van der Waals surface area contributed by atoms with Gasteiger partial charge in [0.1, 0.15) is 45.9 Å². The molecule has 8 aromatic rings. The number of halogens is 5. The molecule has 0 bridgehead atoms. The Kier molecular flexibility index (Phi) is 13.0. The molecule has 2 saturated heterocycles. The Balaban J connectivity index is 0.000000166. The maximum Gasteiger partial charge on any atom is 0.251 e. The predicted octanol–water partition coefficient (Wildman–Crippen LogP) is 10.3. The van der Waals surface area contributed by atoms with Crippen molar-refractivity contribution < 1.29 is 27.0 Å². The molecular formula is C51H45ClF4N8O2. The van der Waals surface area contributed by atoms with Gasteiger partial charge in [0, 0.05) is 58.2 Å². The van der Waals surface area contributed by atoms with Gasteiger partial charge in [-0.05, 0) is 130 Å². The third kappa shape index (κ3) is 9.30. The van der Waals surface area contributed by atoms with Crippen molar-refractivity contribution in [2.75, 3.05) is 36.8 Å². The summed E-state index contributed by atoms with van der Waals surface area (Å²) >= 11 is 6.42. The zero-order valence-corrected chi connectivity index (χ0v) is 36.6. The average molecular weight is 913 g/mol. The van der Waals surface area contributed by atoms with Crippen molar-refractivity contribution in [2.24, 2.45) is 0 Å². The number of hydrogen-bond acceptors (Lipinski definition) is 8. The number of nitrogens with one attached hydrogen (secondary N) is 4. The van der Waals surface area contributed by atoms with Gasteiger partial charge in [-0.15, -0.1) is 0 Å². The molecule has 66 heavy (non-hydrogen) atoms. The van der Waals surface area contributed by atoms with Crippen LogP contribution in [0.1, 0.15) is 31.2 Å². The Morgan fingerprint density at radius 1 is 0.545 bits per heavy atom. The van der Waals surface area contributed by atoms with Crippen LogP contribution in [0.5, 0.6) is 0 Å². The van der Waals surface area contributed by atoms with E-state index in [0.29, 0.717) is 60.8 Å². The number of anilines is 2. The van der Waals surface area contributed by atoms with Crippen molar-refractivity contribution >= 4 is 45.0 Å². The molecule has 2 fully saturated rings. The molecule has 0 aliphatic carbocycles. The maximum absolute atomic E-state index is 14.9. The van der Waals surface area contributed by atoms with E-state index in [2.05, 4.69) is 21.3 Å². The van der Waals surface area contributed by atoms with Crippen LogP contribution in [0, 0.1) is 40.6 Å². The monoisotopic (exact) mass is 912 g/mol. The first kappa shape index (κ1) is 44.3. The minimum absolute atomic E-state index is 0.189. The summed E-state index contributed by atoms with van der Waals surface area (Å²) in [6.45, 7) is 5.51. The van der Waals surface area contributed by atoms with Gasteiger partial charge in [0.2, 0.25) is 0 Å². The summed E-state index contributed by atoms with van der Waals surface area (Å²) in [6, 6.07) is 28.8. The number of pyridine rings is 4. The molecule has 4 aromatic carbocycles. The summed E-state index contributed by atoms with van der Waals surface area (Å²) in [6.07, 6.45) is 6.45. The smallest absolute Gasteiger partial charge is 0.251 e. The molecule has 4 N–H and O–H groups in total. The molecule has 0 spiro atoms. The largest absolute Gasteiger partial charge is 0.618 e. The van der Waals surface area contributed by atoms with E-state index in [1.54, 1.807) is 48.5 Å². The summed E-state index contributed by atoms with van der Waals surface area (Å²) in [5.74, 6) is -1.56. The van der Waals surface area contributed by atoms with Crippen molar-refractivity contribution in [1.29, 1.82) is 0 Å². The lowest BCUT2D eigenvalue weighted by Crippen LogP contribution is -2.35. The van der Waals surface area contributed by atoms with Crippen LogP contribution in [0.2, 0.25) is 5.02 Å². The van der Waals surface area contributed by atoms with Crippen molar-refractivity contribution in [1.82, 2.24) is 20.6 Å². The normalized spacial score (nSPS) is 14.5. The second-order valence-corrected chi connectivity index (χ2v) is 16.9. The lowest BCUT2D eigenvalue weighted by molar-refractivity contribution is -0.592. The molecule has 0 atom stereocenters. The molecular weight excluding hydrogens is 868 g/mol. The Bertz CT molecular complexity index is 2880. The van der Waals surface area contributed by atoms with E-state index in [1.165, 1.54) is 36.7 Å². The molecule has 6 heterocycles. The number of piperidine rings is 2. The number of fused-ring (bicyclic) bond motifs is 2. The highest BCUT2D eigenvalue weighted by molar-refractivity contribution is 6.33. The van der Waals surface area contributed by atoms with E-state index >= 15 is 0 Å². The molecule has 10 rings (SSSR count). The van der Waals surface area contributed by atoms with Gasteiger partial charge in [0.05, 0.1) is 16.1 Å². The van der Waals surface area contributed by atoms with Crippen LogP contribution >= 0.6 is 11.6 Å². The molecule has 2 aliphatic heterocycles. The van der Waals surface area contributed by atoms with E-state index < -0.39 is 23.3 Å². The second-order valence-electron chi connectivity index (χ2n) is 16.5. The first-order valence-electron chi connectivity index (χ1n) is 21.8. The molecule has 4 aromatic heterocycles. The van der Waals surface area contributed by atoms with Crippen molar-refractivity contribution in [3.05, 3.63) is 166 Å². The number of benzene rings is 4. The Morgan fingerprint density at radius 2 is 0.985 bits per heavy atom. The Labute approximate surface area is 383 Å². The molecule has 0 radical (unpaired) electrons. The topological polar surface area (TPSA) is 128 Å². The van der Waals surface area contributed by atoms with Gasteiger partial charge in [-0.2, -0.15) is 9.46 Å². The van der Waals surface area contributed by atoms with Crippen LogP contribution in [0.15, 0.2) is 122 Å².